The second-order valence-electron chi connectivity index (χ2n) is 6.60. The van der Waals surface area contributed by atoms with Gasteiger partial charge in [0.1, 0.15) is 0 Å². The predicted molar refractivity (Wildman–Crippen MR) is 78.5 cm³/mol. The van der Waals surface area contributed by atoms with Gasteiger partial charge in [-0.15, -0.1) is 0 Å². The van der Waals surface area contributed by atoms with E-state index < -0.39 is 0 Å². The molecule has 1 N–H and O–H groups in total. The van der Waals surface area contributed by atoms with Gasteiger partial charge in [-0.25, -0.2) is 0 Å². The van der Waals surface area contributed by atoms with E-state index in [0.717, 1.165) is 18.4 Å². The van der Waals surface area contributed by atoms with E-state index in [1.807, 2.05) is 0 Å². The van der Waals surface area contributed by atoms with Gasteiger partial charge in [0, 0.05) is 18.6 Å². The maximum atomic E-state index is 3.59. The monoisotopic (exact) mass is 242 g/mol. The largest absolute Gasteiger partial charge is 0.312 e. The Bertz CT molecular complexity index is 184. The molecule has 0 aromatic carbocycles. The molecule has 0 aromatic heterocycles. The summed E-state index contributed by atoms with van der Waals surface area (Å²) in [5, 5.41) is 3.59. The Balaban J connectivity index is 3.93. The standard InChI is InChI=1S/C15H34N2/c1-8-13(3)11-17(9-2)12-14(4)10-16-15(5,6)7/h13-14,16H,8-12H2,1-7H3. The molecule has 0 fully saturated rings. The first-order valence-electron chi connectivity index (χ1n) is 7.25. The number of nitrogens with one attached hydrogen (secondary N) is 1. The summed E-state index contributed by atoms with van der Waals surface area (Å²) in [7, 11) is 0. The van der Waals surface area contributed by atoms with Crippen LogP contribution in [0.4, 0.5) is 0 Å². The molecule has 0 spiro atoms. The molecule has 0 aromatic rings. The Morgan fingerprint density at radius 1 is 1.00 bits per heavy atom. The Morgan fingerprint density at radius 3 is 1.94 bits per heavy atom. The summed E-state index contributed by atoms with van der Waals surface area (Å²) in [6, 6.07) is 0. The van der Waals surface area contributed by atoms with Gasteiger partial charge in [-0.05, 0) is 45.7 Å². The van der Waals surface area contributed by atoms with E-state index in [9.17, 15) is 0 Å². The zero-order valence-corrected chi connectivity index (χ0v) is 13.1. The van der Waals surface area contributed by atoms with Crippen LogP contribution in [0.2, 0.25) is 0 Å². The highest BCUT2D eigenvalue weighted by molar-refractivity contribution is 4.73. The van der Waals surface area contributed by atoms with E-state index in [0.29, 0.717) is 0 Å². The van der Waals surface area contributed by atoms with Crippen molar-refractivity contribution >= 4 is 0 Å². The number of nitrogens with zero attached hydrogens (tertiary/aromatic N) is 1. The van der Waals surface area contributed by atoms with Gasteiger partial charge in [-0.1, -0.05) is 34.1 Å². The molecule has 0 radical (unpaired) electrons. The number of hydrogen-bond donors (Lipinski definition) is 1. The quantitative estimate of drug-likeness (QED) is 0.702. The molecular weight excluding hydrogens is 208 g/mol. The van der Waals surface area contributed by atoms with Crippen molar-refractivity contribution in [1.29, 1.82) is 0 Å². The number of hydrogen-bond acceptors (Lipinski definition) is 2. The smallest absolute Gasteiger partial charge is 0.00966 e. The van der Waals surface area contributed by atoms with E-state index in [-0.39, 0.29) is 5.54 Å². The van der Waals surface area contributed by atoms with Crippen molar-refractivity contribution < 1.29 is 0 Å². The second-order valence-corrected chi connectivity index (χ2v) is 6.60. The molecule has 0 aliphatic rings. The minimum Gasteiger partial charge on any atom is -0.312 e. The first-order chi connectivity index (χ1) is 7.78. The summed E-state index contributed by atoms with van der Waals surface area (Å²) >= 11 is 0. The molecule has 0 saturated heterocycles. The van der Waals surface area contributed by atoms with Crippen LogP contribution in [0.3, 0.4) is 0 Å². The van der Waals surface area contributed by atoms with Crippen LogP contribution in [-0.2, 0) is 0 Å². The highest BCUT2D eigenvalue weighted by atomic mass is 15.1. The molecular formula is C15H34N2. The van der Waals surface area contributed by atoms with Crippen LogP contribution in [0.1, 0.15) is 54.9 Å². The maximum Gasteiger partial charge on any atom is 0.00966 e. The first kappa shape index (κ1) is 16.9. The Kier molecular flexibility index (Phi) is 8.06. The molecule has 104 valence electrons. The summed E-state index contributed by atoms with van der Waals surface area (Å²) < 4.78 is 0. The highest BCUT2D eigenvalue weighted by Crippen LogP contribution is 2.08. The van der Waals surface area contributed by atoms with Gasteiger partial charge in [-0.3, -0.25) is 0 Å². The molecule has 0 rings (SSSR count). The second kappa shape index (κ2) is 8.10. The molecule has 2 atom stereocenters. The molecule has 0 aliphatic carbocycles. The molecule has 0 aliphatic heterocycles. The molecule has 0 amide bonds. The minimum absolute atomic E-state index is 0.238. The van der Waals surface area contributed by atoms with Crippen LogP contribution in [0, 0.1) is 11.8 Å². The maximum absolute atomic E-state index is 3.59. The van der Waals surface area contributed by atoms with Gasteiger partial charge in [0.2, 0.25) is 0 Å². The van der Waals surface area contributed by atoms with E-state index >= 15 is 0 Å². The third-order valence-corrected chi connectivity index (χ3v) is 3.26. The fourth-order valence-corrected chi connectivity index (χ4v) is 1.89. The molecule has 0 heterocycles. The van der Waals surface area contributed by atoms with Crippen molar-refractivity contribution in [1.82, 2.24) is 10.2 Å². The molecule has 17 heavy (non-hydrogen) atoms. The van der Waals surface area contributed by atoms with Crippen LogP contribution in [0.5, 0.6) is 0 Å². The Morgan fingerprint density at radius 2 is 1.53 bits per heavy atom. The van der Waals surface area contributed by atoms with Gasteiger partial charge < -0.3 is 10.2 Å². The van der Waals surface area contributed by atoms with Gasteiger partial charge in [0.15, 0.2) is 0 Å². The van der Waals surface area contributed by atoms with Gasteiger partial charge in [-0.2, -0.15) is 0 Å². The summed E-state index contributed by atoms with van der Waals surface area (Å²) in [4.78, 5) is 2.59. The molecule has 0 saturated carbocycles. The summed E-state index contributed by atoms with van der Waals surface area (Å²) in [6.07, 6.45) is 1.28. The van der Waals surface area contributed by atoms with Gasteiger partial charge in [0.05, 0.1) is 0 Å². The fourth-order valence-electron chi connectivity index (χ4n) is 1.89. The normalized spacial score (nSPS) is 16.2. The van der Waals surface area contributed by atoms with Crippen LogP contribution in [-0.4, -0.2) is 36.6 Å². The van der Waals surface area contributed by atoms with Gasteiger partial charge >= 0.3 is 0 Å². The highest BCUT2D eigenvalue weighted by Gasteiger charge is 2.14. The predicted octanol–water partition coefficient (Wildman–Crippen LogP) is 3.38. The Hall–Kier alpha value is -0.0800. The van der Waals surface area contributed by atoms with Crippen molar-refractivity contribution in [3.05, 3.63) is 0 Å². The van der Waals surface area contributed by atoms with Crippen molar-refractivity contribution in [2.75, 3.05) is 26.2 Å². The van der Waals surface area contributed by atoms with E-state index in [1.165, 1.54) is 26.1 Å². The average Bonchev–Trinajstić information content (AvgIpc) is 2.24. The molecule has 2 heteroatoms. The lowest BCUT2D eigenvalue weighted by Crippen LogP contribution is -2.42. The van der Waals surface area contributed by atoms with E-state index in [1.54, 1.807) is 0 Å². The molecule has 2 nitrogen and oxygen atoms in total. The lowest BCUT2D eigenvalue weighted by atomic mass is 10.0. The van der Waals surface area contributed by atoms with E-state index in [4.69, 9.17) is 0 Å². The lowest BCUT2D eigenvalue weighted by Gasteiger charge is -2.29. The molecule has 2 unspecified atom stereocenters. The zero-order valence-electron chi connectivity index (χ0n) is 13.1. The van der Waals surface area contributed by atoms with Crippen molar-refractivity contribution in [3.8, 4) is 0 Å². The van der Waals surface area contributed by atoms with E-state index in [2.05, 4.69) is 58.7 Å². The fraction of sp³-hybridized carbons (Fsp3) is 1.00. The zero-order chi connectivity index (χ0) is 13.5. The third-order valence-electron chi connectivity index (χ3n) is 3.26. The lowest BCUT2D eigenvalue weighted by molar-refractivity contribution is 0.208. The van der Waals surface area contributed by atoms with Crippen LogP contribution in [0.25, 0.3) is 0 Å². The molecule has 0 bridgehead atoms. The summed E-state index contributed by atoms with van der Waals surface area (Å²) in [5.74, 6) is 1.54. The topological polar surface area (TPSA) is 15.3 Å². The number of rotatable bonds is 8. The average molecular weight is 242 g/mol. The minimum atomic E-state index is 0.238. The first-order valence-corrected chi connectivity index (χ1v) is 7.25. The van der Waals surface area contributed by atoms with Gasteiger partial charge in [0.25, 0.3) is 0 Å². The Labute approximate surface area is 109 Å². The SMILES string of the molecule is CCC(C)CN(CC)CC(C)CNC(C)(C)C. The van der Waals surface area contributed by atoms with Crippen LogP contribution in [0.15, 0.2) is 0 Å². The summed E-state index contributed by atoms with van der Waals surface area (Å²) in [6.45, 7) is 20.7. The van der Waals surface area contributed by atoms with Crippen molar-refractivity contribution in [3.63, 3.8) is 0 Å². The van der Waals surface area contributed by atoms with Crippen LogP contribution >= 0.6 is 0 Å². The summed E-state index contributed by atoms with van der Waals surface area (Å²) in [5.41, 5.74) is 0.238. The van der Waals surface area contributed by atoms with Crippen molar-refractivity contribution in [2.45, 2.75) is 60.4 Å². The van der Waals surface area contributed by atoms with Crippen LogP contribution < -0.4 is 5.32 Å². The van der Waals surface area contributed by atoms with Crippen molar-refractivity contribution in [2.24, 2.45) is 11.8 Å². The third kappa shape index (κ3) is 9.61.